The number of aliphatic hydroxyl groups excluding tert-OH is 1. The summed E-state index contributed by atoms with van der Waals surface area (Å²) in [7, 11) is 1.60. The number of aromatic nitrogens is 3. The average Bonchev–Trinajstić information content (AvgIpc) is 1.56. The SMILES string of the molecule is C=C1C[C@@H]2CC[C@@]34CC5O[C@H]6[C@@H](O3)[C@H]3O[C@H](CC[C@@H]3O[C@H]6[C@H]5O4)CC(=O)CC3[C@H](C[C@H]4OC(CC[C@@H]1O2)C[C@@H](C)C4=C)O[C@H](C[C@H](O)CCC(=O)OCc1ccc(CC(=O)[C@H](CCCNC(N)=O)NC(=O)[C@@H](CC(=O)CCOCCOCCOCCn2cc(COCCOCCOCCC(=O)O)nn2)C(C)C)cc1)[C@@H]3OC. The van der Waals surface area contributed by atoms with E-state index in [1.807, 2.05) is 13.8 Å². The van der Waals surface area contributed by atoms with Gasteiger partial charge in [-0.25, -0.2) is 9.48 Å². The van der Waals surface area contributed by atoms with Crippen LogP contribution < -0.4 is 16.4 Å². The molecule has 10 fully saturated rings. The lowest BCUT2D eigenvalue weighted by atomic mass is 9.81. The Morgan fingerprint density at radius 2 is 1.37 bits per heavy atom. The zero-order valence-electron chi connectivity index (χ0n) is 65.6. The second-order valence-electron chi connectivity index (χ2n) is 31.9. The number of ether oxygens (including phenoxy) is 16. The molecule has 1 aromatic heterocycles. The molecule has 3 amide bonds. The van der Waals surface area contributed by atoms with E-state index in [9.17, 15) is 38.7 Å². The van der Waals surface area contributed by atoms with Crippen LogP contribution >= 0.6 is 0 Å². The number of ketones is 3. The van der Waals surface area contributed by atoms with Crippen molar-refractivity contribution in [2.45, 2.75) is 285 Å². The van der Waals surface area contributed by atoms with Crippen molar-refractivity contribution in [3.8, 4) is 0 Å². The van der Waals surface area contributed by atoms with Crippen molar-refractivity contribution in [1.82, 2.24) is 25.6 Å². The molecule has 0 radical (unpaired) electrons. The number of esters is 1. The van der Waals surface area contributed by atoms with Gasteiger partial charge in [-0.2, -0.15) is 0 Å². The molecule has 1 spiro atoms. The number of aliphatic carboxylic acids is 1. The third-order valence-corrected chi connectivity index (χ3v) is 23.2. The van der Waals surface area contributed by atoms with Crippen LogP contribution in [0, 0.1) is 23.7 Å². The highest BCUT2D eigenvalue weighted by Gasteiger charge is 2.69. The number of primary amides is 1. The van der Waals surface area contributed by atoms with Crippen LogP contribution in [-0.4, -0.2) is 262 Å². The summed E-state index contributed by atoms with van der Waals surface area (Å²) in [5.74, 6) is -4.39. The summed E-state index contributed by atoms with van der Waals surface area (Å²) in [5.41, 5.74) is 9.33. The Kier molecular flexibility index (Phi) is 33.0. The van der Waals surface area contributed by atoms with E-state index < -0.39 is 84.2 Å². The molecule has 10 saturated heterocycles. The Morgan fingerprint density at radius 3 is 2.10 bits per heavy atom. The summed E-state index contributed by atoms with van der Waals surface area (Å²) in [4.78, 5) is 91.2. The number of urea groups is 1. The Labute approximate surface area is 655 Å². The van der Waals surface area contributed by atoms with Crippen molar-refractivity contribution >= 4 is 41.2 Å². The second-order valence-corrected chi connectivity index (χ2v) is 31.9. The van der Waals surface area contributed by atoms with Crippen molar-refractivity contribution in [1.29, 1.82) is 0 Å². The minimum Gasteiger partial charge on any atom is -0.481 e. The lowest BCUT2D eigenvalue weighted by Crippen LogP contribution is -2.61. The van der Waals surface area contributed by atoms with Gasteiger partial charge in [-0.15, -0.1) is 5.10 Å². The van der Waals surface area contributed by atoms with Crippen LogP contribution in [0.4, 0.5) is 4.79 Å². The summed E-state index contributed by atoms with van der Waals surface area (Å²) >= 11 is 0. The molecule has 112 heavy (non-hydrogen) atoms. The molecule has 21 atom stereocenters. The number of amides is 3. The van der Waals surface area contributed by atoms with Crippen LogP contribution in [0.15, 0.2) is 54.8 Å². The molecule has 11 heterocycles. The van der Waals surface area contributed by atoms with E-state index in [1.54, 1.807) is 42.3 Å². The number of rotatable bonds is 43. The molecule has 2 aromatic rings. The normalized spacial score (nSPS) is 31.0. The van der Waals surface area contributed by atoms with Crippen LogP contribution in [0.25, 0.3) is 0 Å². The van der Waals surface area contributed by atoms with E-state index in [2.05, 4.69) is 41.0 Å². The number of nitrogens with two attached hydrogens (primary N) is 1. The first-order valence-corrected chi connectivity index (χ1v) is 40.6. The van der Waals surface area contributed by atoms with E-state index in [-0.39, 0.29) is 201 Å². The minimum absolute atomic E-state index is 0.00987. The molecule has 10 aliphatic rings. The van der Waals surface area contributed by atoms with Crippen molar-refractivity contribution in [2.75, 3.05) is 86.3 Å². The molecule has 12 bridgehead atoms. The Hall–Kier alpha value is -6.11. The van der Waals surface area contributed by atoms with Gasteiger partial charge in [0.1, 0.15) is 54.4 Å². The Morgan fingerprint density at radius 1 is 0.696 bits per heavy atom. The maximum Gasteiger partial charge on any atom is 0.312 e. The summed E-state index contributed by atoms with van der Waals surface area (Å²) < 4.78 is 101. The smallest absolute Gasteiger partial charge is 0.312 e. The topological polar surface area (TPSA) is 388 Å². The van der Waals surface area contributed by atoms with Gasteiger partial charge in [-0.1, -0.05) is 63.4 Å². The number of carbonyl (C=O) groups excluding carboxylic acids is 6. The number of nitrogens with one attached hydrogen (secondary N) is 2. The van der Waals surface area contributed by atoms with E-state index in [4.69, 9.17) is 86.6 Å². The van der Waals surface area contributed by atoms with E-state index in [1.165, 1.54) is 0 Å². The molecule has 10 aliphatic heterocycles. The first-order valence-electron chi connectivity index (χ1n) is 40.6. The van der Waals surface area contributed by atoms with Crippen LogP contribution in [0.5, 0.6) is 0 Å². The summed E-state index contributed by atoms with van der Waals surface area (Å²) in [6.07, 6.45) is 3.91. The third-order valence-electron chi connectivity index (χ3n) is 23.2. The second kappa shape index (κ2) is 42.7. The maximum absolute atomic E-state index is 14.6. The van der Waals surface area contributed by atoms with Gasteiger partial charge in [-0.05, 0) is 98.3 Å². The zero-order valence-corrected chi connectivity index (χ0v) is 65.6. The van der Waals surface area contributed by atoms with Crippen LogP contribution in [-0.2, 0) is 131 Å². The number of benzene rings is 1. The van der Waals surface area contributed by atoms with Gasteiger partial charge in [0.15, 0.2) is 11.6 Å². The summed E-state index contributed by atoms with van der Waals surface area (Å²) in [5, 5.41) is 33.9. The monoisotopic (exact) mass is 1580 g/mol. The number of hydrogen-bond acceptors (Lipinski definition) is 26. The van der Waals surface area contributed by atoms with Crippen molar-refractivity contribution < 1.29 is 120 Å². The van der Waals surface area contributed by atoms with Gasteiger partial charge in [0, 0.05) is 89.7 Å². The quantitative estimate of drug-likeness (QED) is 0.0287. The highest BCUT2D eigenvalue weighted by Crippen LogP contribution is 2.55. The largest absolute Gasteiger partial charge is 0.481 e. The lowest BCUT2D eigenvalue weighted by molar-refractivity contribution is -0.292. The van der Waals surface area contributed by atoms with Crippen molar-refractivity contribution in [3.05, 3.63) is 71.6 Å². The van der Waals surface area contributed by atoms with Gasteiger partial charge >= 0.3 is 18.0 Å². The van der Waals surface area contributed by atoms with E-state index in [0.29, 0.717) is 108 Å². The highest BCUT2D eigenvalue weighted by molar-refractivity contribution is 5.93. The first-order chi connectivity index (χ1) is 54.1. The molecule has 31 heteroatoms. The fraction of sp³-hybridized carbons (Fsp3) is 0.765. The third kappa shape index (κ3) is 25.0. The molecular weight excluding hydrogens is 1460 g/mol. The number of carboxylic acid groups (broad SMARTS) is 1. The van der Waals surface area contributed by atoms with Crippen molar-refractivity contribution in [3.63, 3.8) is 0 Å². The predicted molar refractivity (Wildman–Crippen MR) is 399 cm³/mol. The molecule has 6 N–H and O–H groups in total. The fourth-order valence-corrected chi connectivity index (χ4v) is 17.2. The van der Waals surface area contributed by atoms with E-state index >= 15 is 0 Å². The molecule has 624 valence electrons. The van der Waals surface area contributed by atoms with Gasteiger partial charge in [0.05, 0.1) is 172 Å². The van der Waals surface area contributed by atoms with Gasteiger partial charge < -0.3 is 102 Å². The average molecular weight is 1580 g/mol. The van der Waals surface area contributed by atoms with Crippen molar-refractivity contribution in [2.24, 2.45) is 29.4 Å². The molecule has 31 nitrogen and oxygen atoms in total. The molecule has 12 rings (SSSR count). The fourth-order valence-electron chi connectivity index (χ4n) is 17.2. The number of Topliss-reactive ketones (excluding diaryl/α,β-unsaturated/α-hetero) is 3. The van der Waals surface area contributed by atoms with Gasteiger partial charge in [-0.3, -0.25) is 28.8 Å². The number of carboxylic acids is 1. The van der Waals surface area contributed by atoms with E-state index in [0.717, 1.165) is 43.3 Å². The molecular formula is C81H120N6O25. The Balaban J connectivity index is 0.596. The number of aliphatic hydroxyl groups is 1. The maximum atomic E-state index is 14.6. The van der Waals surface area contributed by atoms with Crippen LogP contribution in [0.3, 0.4) is 0 Å². The number of carbonyl (C=O) groups is 7. The number of methoxy groups -OCH3 is 1. The first kappa shape index (κ1) is 86.7. The van der Waals surface area contributed by atoms with Crippen LogP contribution in [0.2, 0.25) is 0 Å². The number of fused-ring (bicyclic) bond motifs is 6. The minimum atomic E-state index is -0.986. The number of nitrogens with zero attached hydrogens (tertiary/aromatic N) is 3. The summed E-state index contributed by atoms with van der Waals surface area (Å²) in [6.45, 7) is 18.9. The molecule has 3 unspecified atom stereocenters. The van der Waals surface area contributed by atoms with Crippen LogP contribution in [0.1, 0.15) is 166 Å². The summed E-state index contributed by atoms with van der Waals surface area (Å²) in [6, 6.07) is 5.33. The lowest BCUT2D eigenvalue weighted by Gasteiger charge is -2.47. The molecule has 0 saturated carbocycles. The predicted octanol–water partition coefficient (Wildman–Crippen LogP) is 6.04. The molecule has 0 aliphatic carbocycles. The molecule has 1 aromatic carbocycles. The van der Waals surface area contributed by atoms with Gasteiger partial charge in [0.25, 0.3) is 0 Å². The standard InChI is InChI=1S/C81H120N6O25/c1-48(2)61(40-56(89)20-25-98-28-31-101-33-30-100-27-24-87-45-54(85-86-87)47-103-35-34-102-32-29-99-26-21-71(92)93)79(95)84-63(8-7-23-83-80(82)96)64(91)38-52-9-11-53(12-10-52)46-104-72(94)18-13-55(88)42-69-73(97-6)62-41-57(90)39-59-15-17-66-74(107-59)78-77-76(109-66)75-70(110-77)44-81(111-75,112-78)22-19-60-37-50(4)65(105-60)16-14-58-36-49(3)51(5)67(106-58)43-68(62)108-69/h9-12,45,48-49,55,58-63,65-70,73-78,88H,4-5,7-8,13-44,46-47H2,1-3,6H3,(H,84,95)(H,92,93)(H3,82,83,96)/t49-,55-,58?,59-,60+,61+,62?,63+,65+,66+,67-,68+,69-,70?,73-,74+,75+,76+,77-,78+,81+/m1/s1. The van der Waals surface area contributed by atoms with Gasteiger partial charge in [0.2, 0.25) is 5.91 Å². The number of hydrogen-bond donors (Lipinski definition) is 5. The Bertz CT molecular complexity index is 3420. The zero-order chi connectivity index (χ0) is 79.3. The highest BCUT2D eigenvalue weighted by atomic mass is 16.8.